The van der Waals surface area contributed by atoms with Gasteiger partial charge in [-0.2, -0.15) is 18.4 Å². The van der Waals surface area contributed by atoms with Crippen LogP contribution in [0.25, 0.3) is 0 Å². The van der Waals surface area contributed by atoms with Crippen molar-refractivity contribution in [3.8, 4) is 17.6 Å². The Morgan fingerprint density at radius 3 is 2.62 bits per heavy atom. The summed E-state index contributed by atoms with van der Waals surface area (Å²) in [7, 11) is 0. The van der Waals surface area contributed by atoms with Crippen LogP contribution in [0.15, 0.2) is 44.7 Å². The Morgan fingerprint density at radius 1 is 1.28 bits per heavy atom. The molecule has 0 aliphatic carbocycles. The number of ether oxygens (including phenoxy) is 1. The molecule has 3 rings (SSSR count). The van der Waals surface area contributed by atoms with E-state index in [1.54, 1.807) is 13.0 Å². The van der Waals surface area contributed by atoms with Gasteiger partial charge in [0.05, 0.1) is 29.0 Å². The monoisotopic (exact) mass is 528 g/mol. The van der Waals surface area contributed by atoms with Gasteiger partial charge in [0, 0.05) is 10.7 Å². The second-order valence-corrected chi connectivity index (χ2v) is 7.84. The van der Waals surface area contributed by atoms with E-state index in [9.17, 15) is 22.8 Å². The molecular weight excluding hydrogens is 517 g/mol. The Labute approximate surface area is 192 Å². The molecule has 1 aromatic carbocycles. The summed E-state index contributed by atoms with van der Waals surface area (Å²) in [5.41, 5.74) is -1.94. The number of nitriles is 1. The minimum Gasteiger partial charge on any atom is -0.449 e. The van der Waals surface area contributed by atoms with Gasteiger partial charge in [0.2, 0.25) is 5.75 Å². The first-order valence-electron chi connectivity index (χ1n) is 8.99. The fraction of sp³-hybridized carbons (Fsp3) is 0.200. The fourth-order valence-electron chi connectivity index (χ4n) is 2.90. The molecule has 0 amide bonds. The van der Waals surface area contributed by atoms with E-state index >= 15 is 0 Å². The number of nitrogens with zero attached hydrogens (tertiary/aromatic N) is 3. The molecular formula is C20H13BrClF3N4O3. The molecule has 3 aromatic rings. The van der Waals surface area contributed by atoms with Gasteiger partial charge in [-0.3, -0.25) is 14.2 Å². The normalized spacial score (nSPS) is 11.3. The quantitative estimate of drug-likeness (QED) is 0.519. The number of aromatic nitrogens is 3. The molecule has 0 fully saturated rings. The average Bonchev–Trinajstić information content (AvgIpc) is 2.72. The van der Waals surface area contributed by atoms with Crippen LogP contribution in [0, 0.1) is 11.3 Å². The number of hydrogen-bond acceptors (Lipinski definition) is 5. The lowest BCUT2D eigenvalue weighted by molar-refractivity contribution is -0.142. The van der Waals surface area contributed by atoms with Crippen LogP contribution < -0.4 is 15.9 Å². The van der Waals surface area contributed by atoms with E-state index in [2.05, 4.69) is 25.9 Å². The van der Waals surface area contributed by atoms with Crippen molar-refractivity contribution in [1.29, 1.82) is 5.26 Å². The molecule has 32 heavy (non-hydrogen) atoms. The molecule has 0 saturated carbocycles. The van der Waals surface area contributed by atoms with Crippen molar-refractivity contribution in [3.63, 3.8) is 0 Å². The van der Waals surface area contributed by atoms with Crippen LogP contribution >= 0.6 is 27.5 Å². The third-order valence-electron chi connectivity index (χ3n) is 4.35. The predicted octanol–water partition coefficient (Wildman–Crippen LogP) is 4.64. The molecule has 0 unspecified atom stereocenters. The zero-order valence-electron chi connectivity index (χ0n) is 16.3. The number of benzene rings is 1. The van der Waals surface area contributed by atoms with Gasteiger partial charge in [-0.15, -0.1) is 0 Å². The van der Waals surface area contributed by atoms with Crippen LogP contribution in [0.1, 0.15) is 29.4 Å². The van der Waals surface area contributed by atoms with Crippen LogP contribution in [0.5, 0.6) is 11.5 Å². The summed E-state index contributed by atoms with van der Waals surface area (Å²) in [6.45, 7) is 1.61. The van der Waals surface area contributed by atoms with Crippen molar-refractivity contribution in [2.24, 2.45) is 0 Å². The van der Waals surface area contributed by atoms with Crippen molar-refractivity contribution in [3.05, 3.63) is 83.3 Å². The van der Waals surface area contributed by atoms with E-state index in [0.29, 0.717) is 17.7 Å². The standard InChI is InChI=1S/C20H13BrClF3N4O3/c1-2-15-11(5-14(21)18(30)28-15)8-29-9-27-17(20(23,24)25)16(19(29)31)32-13-4-10(7-26)3-12(22)6-13/h3-6,9H,2,8H2,1H3,(H,28,30). The van der Waals surface area contributed by atoms with Crippen molar-refractivity contribution in [1.82, 2.24) is 14.5 Å². The molecule has 0 atom stereocenters. The molecule has 0 spiro atoms. The first kappa shape index (κ1) is 23.6. The first-order valence-corrected chi connectivity index (χ1v) is 10.2. The fourth-order valence-corrected chi connectivity index (χ4v) is 3.50. The topological polar surface area (TPSA) is 101 Å². The van der Waals surface area contributed by atoms with Crippen LogP contribution in [0.2, 0.25) is 5.02 Å². The summed E-state index contributed by atoms with van der Waals surface area (Å²) in [6, 6.07) is 6.90. The second-order valence-electron chi connectivity index (χ2n) is 6.55. The Balaban J connectivity index is 2.13. The van der Waals surface area contributed by atoms with Gasteiger partial charge in [-0.1, -0.05) is 18.5 Å². The Hall–Kier alpha value is -3.10. The molecule has 2 heterocycles. The first-order chi connectivity index (χ1) is 15.0. The zero-order chi connectivity index (χ0) is 23.6. The molecule has 0 aliphatic heterocycles. The molecule has 12 heteroatoms. The lowest BCUT2D eigenvalue weighted by Gasteiger charge is -2.16. The molecule has 0 radical (unpaired) electrons. The van der Waals surface area contributed by atoms with Gasteiger partial charge in [0.25, 0.3) is 11.1 Å². The maximum Gasteiger partial charge on any atom is 0.437 e. The van der Waals surface area contributed by atoms with Crippen LogP contribution in [0.4, 0.5) is 13.2 Å². The summed E-state index contributed by atoms with van der Waals surface area (Å²) < 4.78 is 46.9. The van der Waals surface area contributed by atoms with Gasteiger partial charge in [0.1, 0.15) is 5.75 Å². The van der Waals surface area contributed by atoms with Gasteiger partial charge >= 0.3 is 6.18 Å². The van der Waals surface area contributed by atoms with Crippen LogP contribution in [-0.4, -0.2) is 14.5 Å². The molecule has 166 valence electrons. The van der Waals surface area contributed by atoms with Gasteiger partial charge in [-0.05, 0) is 52.2 Å². The highest BCUT2D eigenvalue weighted by Crippen LogP contribution is 2.35. The Bertz CT molecular complexity index is 1350. The highest BCUT2D eigenvalue weighted by Gasteiger charge is 2.38. The lowest BCUT2D eigenvalue weighted by Crippen LogP contribution is -2.27. The third-order valence-corrected chi connectivity index (χ3v) is 5.16. The number of aromatic amines is 1. The Morgan fingerprint density at radius 2 is 2.00 bits per heavy atom. The summed E-state index contributed by atoms with van der Waals surface area (Å²) >= 11 is 8.98. The number of rotatable bonds is 5. The molecule has 0 aliphatic rings. The van der Waals surface area contributed by atoms with E-state index in [0.717, 1.165) is 17.0 Å². The number of alkyl halides is 3. The van der Waals surface area contributed by atoms with Gasteiger partial charge in [0.15, 0.2) is 5.69 Å². The summed E-state index contributed by atoms with van der Waals surface area (Å²) in [6.07, 6.45) is -3.79. The minimum absolute atomic E-state index is 0.0379. The van der Waals surface area contributed by atoms with Crippen molar-refractivity contribution in [2.45, 2.75) is 26.1 Å². The number of nitrogens with one attached hydrogen (secondary N) is 1. The SMILES string of the molecule is CCc1[nH]c(=O)c(Br)cc1Cn1cnc(C(F)(F)F)c(Oc2cc(Cl)cc(C#N)c2)c1=O. The highest BCUT2D eigenvalue weighted by atomic mass is 79.9. The summed E-state index contributed by atoms with van der Waals surface area (Å²) in [5.74, 6) is -1.29. The third kappa shape index (κ3) is 5.03. The highest BCUT2D eigenvalue weighted by molar-refractivity contribution is 9.10. The van der Waals surface area contributed by atoms with Crippen molar-refractivity contribution >= 4 is 27.5 Å². The number of hydrogen-bond donors (Lipinski definition) is 1. The smallest absolute Gasteiger partial charge is 0.437 e. The molecule has 2 aromatic heterocycles. The summed E-state index contributed by atoms with van der Waals surface area (Å²) in [4.78, 5) is 30.8. The van der Waals surface area contributed by atoms with Crippen LogP contribution in [-0.2, 0) is 19.1 Å². The maximum atomic E-state index is 13.5. The van der Waals surface area contributed by atoms with E-state index in [-0.39, 0.29) is 32.9 Å². The number of aryl methyl sites for hydroxylation is 1. The van der Waals surface area contributed by atoms with Gasteiger partial charge in [-0.25, -0.2) is 4.98 Å². The molecule has 0 bridgehead atoms. The van der Waals surface area contributed by atoms with E-state index in [1.807, 2.05) is 0 Å². The second kappa shape index (κ2) is 9.18. The average molecular weight is 530 g/mol. The van der Waals surface area contributed by atoms with Crippen molar-refractivity contribution < 1.29 is 17.9 Å². The molecule has 0 saturated heterocycles. The zero-order valence-corrected chi connectivity index (χ0v) is 18.6. The maximum absolute atomic E-state index is 13.5. The van der Waals surface area contributed by atoms with E-state index < -0.39 is 23.2 Å². The Kier molecular flexibility index (Phi) is 6.76. The lowest BCUT2D eigenvalue weighted by atomic mass is 10.1. The largest absolute Gasteiger partial charge is 0.449 e. The van der Waals surface area contributed by atoms with Gasteiger partial charge < -0.3 is 9.72 Å². The molecule has 7 nitrogen and oxygen atoms in total. The van der Waals surface area contributed by atoms with Crippen molar-refractivity contribution in [2.75, 3.05) is 0 Å². The minimum atomic E-state index is -4.97. The van der Waals surface area contributed by atoms with E-state index in [4.69, 9.17) is 21.6 Å². The predicted molar refractivity (Wildman–Crippen MR) is 113 cm³/mol. The summed E-state index contributed by atoms with van der Waals surface area (Å²) in [5, 5.41) is 9.08. The number of halogens is 5. The molecule has 1 N–H and O–H groups in total. The van der Waals surface area contributed by atoms with E-state index in [1.165, 1.54) is 18.2 Å². The number of pyridine rings is 1. The number of H-pyrrole nitrogens is 1. The van der Waals surface area contributed by atoms with Crippen LogP contribution in [0.3, 0.4) is 0 Å².